The van der Waals surface area contributed by atoms with E-state index < -0.39 is 5.91 Å². The second-order valence-electron chi connectivity index (χ2n) is 4.39. The highest BCUT2D eigenvalue weighted by molar-refractivity contribution is 5.97. The minimum absolute atomic E-state index is 0.445. The number of primary amides is 1. The summed E-state index contributed by atoms with van der Waals surface area (Å²) in [4.78, 5) is 15.6. The predicted octanol–water partition coefficient (Wildman–Crippen LogP) is 0.653. The summed E-state index contributed by atoms with van der Waals surface area (Å²) in [5.41, 5.74) is 6.64. The number of rotatable bonds is 4. The third-order valence-corrected chi connectivity index (χ3v) is 2.98. The Morgan fingerprint density at radius 3 is 3.12 bits per heavy atom. The number of aromatic nitrogens is 1. The Balaban J connectivity index is 2.07. The Morgan fingerprint density at radius 1 is 1.65 bits per heavy atom. The van der Waals surface area contributed by atoms with Gasteiger partial charge in [0.1, 0.15) is 5.82 Å². The first-order chi connectivity index (χ1) is 8.16. The van der Waals surface area contributed by atoms with Crippen molar-refractivity contribution in [2.45, 2.75) is 25.8 Å². The molecule has 5 nitrogen and oxygen atoms in total. The quantitative estimate of drug-likeness (QED) is 0.714. The first-order valence-electron chi connectivity index (χ1n) is 5.91. The van der Waals surface area contributed by atoms with Crippen molar-refractivity contribution in [3.63, 3.8) is 0 Å². The van der Waals surface area contributed by atoms with Gasteiger partial charge in [0, 0.05) is 18.3 Å². The number of aryl methyl sites for hydroxylation is 1. The molecule has 1 fully saturated rings. The molecule has 1 unspecified atom stereocenters. The molecule has 1 atom stereocenters. The summed E-state index contributed by atoms with van der Waals surface area (Å²) in [5, 5.41) is 6.59. The van der Waals surface area contributed by atoms with Gasteiger partial charge in [-0.25, -0.2) is 4.98 Å². The number of carbonyl (C=O) groups is 1. The van der Waals surface area contributed by atoms with E-state index in [1.807, 2.05) is 6.92 Å². The van der Waals surface area contributed by atoms with Crippen molar-refractivity contribution in [1.29, 1.82) is 0 Å². The molecule has 2 rings (SSSR count). The molecule has 0 radical (unpaired) electrons. The molecule has 0 bridgehead atoms. The van der Waals surface area contributed by atoms with Crippen LogP contribution in [-0.4, -0.2) is 30.0 Å². The number of nitrogens with zero attached hydrogens (tertiary/aromatic N) is 1. The summed E-state index contributed by atoms with van der Waals surface area (Å²) < 4.78 is 0. The number of hydrogen-bond donors (Lipinski definition) is 3. The molecule has 1 aliphatic rings. The molecule has 1 aliphatic heterocycles. The molecule has 0 aliphatic carbocycles. The van der Waals surface area contributed by atoms with Gasteiger partial charge in [-0.1, -0.05) is 0 Å². The molecule has 1 amide bonds. The van der Waals surface area contributed by atoms with Crippen LogP contribution in [0.15, 0.2) is 12.1 Å². The van der Waals surface area contributed by atoms with E-state index in [2.05, 4.69) is 15.6 Å². The van der Waals surface area contributed by atoms with Crippen molar-refractivity contribution in [2.24, 2.45) is 5.73 Å². The number of pyridine rings is 1. The SMILES string of the molecule is Cc1ccc(C(N)=O)c(NCC2CCCN2)n1. The first-order valence-corrected chi connectivity index (χ1v) is 5.91. The first kappa shape index (κ1) is 11.9. The lowest BCUT2D eigenvalue weighted by molar-refractivity contribution is 0.100. The van der Waals surface area contributed by atoms with E-state index in [1.165, 1.54) is 6.42 Å². The van der Waals surface area contributed by atoms with Crippen LogP contribution in [0.4, 0.5) is 5.82 Å². The molecule has 92 valence electrons. The second kappa shape index (κ2) is 5.14. The minimum atomic E-state index is -0.445. The summed E-state index contributed by atoms with van der Waals surface area (Å²) in [6, 6.07) is 3.96. The summed E-state index contributed by atoms with van der Waals surface area (Å²) in [7, 11) is 0. The standard InChI is InChI=1S/C12H18N4O/c1-8-4-5-10(11(13)17)12(16-8)15-7-9-3-2-6-14-9/h4-5,9,14H,2-3,6-7H2,1H3,(H2,13,17)(H,15,16). The van der Waals surface area contributed by atoms with Gasteiger partial charge in [-0.05, 0) is 38.4 Å². The fourth-order valence-electron chi connectivity index (χ4n) is 2.04. The van der Waals surface area contributed by atoms with E-state index in [0.29, 0.717) is 17.4 Å². The smallest absolute Gasteiger partial charge is 0.252 e. The average molecular weight is 234 g/mol. The van der Waals surface area contributed by atoms with Crippen LogP contribution in [0.3, 0.4) is 0 Å². The molecule has 5 heteroatoms. The maximum Gasteiger partial charge on any atom is 0.252 e. The van der Waals surface area contributed by atoms with Gasteiger partial charge in [0.2, 0.25) is 0 Å². The van der Waals surface area contributed by atoms with Crippen molar-refractivity contribution in [3.8, 4) is 0 Å². The number of amides is 1. The van der Waals surface area contributed by atoms with Crippen molar-refractivity contribution in [1.82, 2.24) is 10.3 Å². The second-order valence-corrected chi connectivity index (χ2v) is 4.39. The van der Waals surface area contributed by atoms with E-state index in [1.54, 1.807) is 12.1 Å². The van der Waals surface area contributed by atoms with Crippen LogP contribution in [0, 0.1) is 6.92 Å². The molecule has 4 N–H and O–H groups in total. The molecule has 2 heterocycles. The van der Waals surface area contributed by atoms with Crippen LogP contribution in [0.25, 0.3) is 0 Å². The van der Waals surface area contributed by atoms with Gasteiger partial charge in [-0.3, -0.25) is 4.79 Å². The minimum Gasteiger partial charge on any atom is -0.368 e. The molecule has 17 heavy (non-hydrogen) atoms. The average Bonchev–Trinajstić information content (AvgIpc) is 2.78. The summed E-state index contributed by atoms with van der Waals surface area (Å²) in [6.07, 6.45) is 2.36. The molecule has 1 aromatic heterocycles. The normalized spacial score (nSPS) is 19.2. The zero-order valence-corrected chi connectivity index (χ0v) is 9.99. The molecular formula is C12H18N4O. The third-order valence-electron chi connectivity index (χ3n) is 2.98. The van der Waals surface area contributed by atoms with Gasteiger partial charge in [-0.15, -0.1) is 0 Å². The van der Waals surface area contributed by atoms with Gasteiger partial charge >= 0.3 is 0 Å². The van der Waals surface area contributed by atoms with Gasteiger partial charge in [0.05, 0.1) is 5.56 Å². The van der Waals surface area contributed by atoms with Crippen molar-refractivity contribution < 1.29 is 4.79 Å². The van der Waals surface area contributed by atoms with Crippen LogP contribution in [0.5, 0.6) is 0 Å². The van der Waals surface area contributed by atoms with Gasteiger partial charge in [0.25, 0.3) is 5.91 Å². The number of anilines is 1. The van der Waals surface area contributed by atoms with E-state index in [-0.39, 0.29) is 0 Å². The highest BCUT2D eigenvalue weighted by Gasteiger charge is 2.15. The maximum atomic E-state index is 11.3. The number of nitrogens with two attached hydrogens (primary N) is 1. The molecular weight excluding hydrogens is 216 g/mol. The maximum absolute atomic E-state index is 11.3. The number of carbonyl (C=O) groups excluding carboxylic acids is 1. The zero-order valence-electron chi connectivity index (χ0n) is 9.99. The molecule has 1 aromatic rings. The molecule has 1 saturated heterocycles. The fourth-order valence-corrected chi connectivity index (χ4v) is 2.04. The Labute approximate surface area is 101 Å². The largest absolute Gasteiger partial charge is 0.368 e. The molecule has 0 spiro atoms. The third kappa shape index (κ3) is 2.94. The topological polar surface area (TPSA) is 80.0 Å². The lowest BCUT2D eigenvalue weighted by Crippen LogP contribution is -2.30. The zero-order chi connectivity index (χ0) is 12.3. The monoisotopic (exact) mass is 234 g/mol. The Kier molecular flexibility index (Phi) is 3.58. The van der Waals surface area contributed by atoms with E-state index in [4.69, 9.17) is 5.73 Å². The highest BCUT2D eigenvalue weighted by Crippen LogP contribution is 2.14. The highest BCUT2D eigenvalue weighted by atomic mass is 16.1. The van der Waals surface area contributed by atoms with Crippen molar-refractivity contribution >= 4 is 11.7 Å². The van der Waals surface area contributed by atoms with Crippen molar-refractivity contribution in [2.75, 3.05) is 18.4 Å². The van der Waals surface area contributed by atoms with E-state index in [9.17, 15) is 4.79 Å². The lowest BCUT2D eigenvalue weighted by atomic mass is 10.2. The van der Waals surface area contributed by atoms with Crippen LogP contribution in [0.2, 0.25) is 0 Å². The number of nitrogens with one attached hydrogen (secondary N) is 2. The predicted molar refractivity (Wildman–Crippen MR) is 67.0 cm³/mol. The summed E-state index contributed by atoms with van der Waals surface area (Å²) in [6.45, 7) is 3.73. The van der Waals surface area contributed by atoms with Gasteiger partial charge < -0.3 is 16.4 Å². The van der Waals surface area contributed by atoms with Crippen LogP contribution in [-0.2, 0) is 0 Å². The Hall–Kier alpha value is -1.62. The Morgan fingerprint density at radius 2 is 2.47 bits per heavy atom. The fraction of sp³-hybridized carbons (Fsp3) is 0.500. The van der Waals surface area contributed by atoms with Gasteiger partial charge in [-0.2, -0.15) is 0 Å². The summed E-state index contributed by atoms with van der Waals surface area (Å²) >= 11 is 0. The van der Waals surface area contributed by atoms with Gasteiger partial charge in [0.15, 0.2) is 0 Å². The van der Waals surface area contributed by atoms with E-state index >= 15 is 0 Å². The van der Waals surface area contributed by atoms with Crippen molar-refractivity contribution in [3.05, 3.63) is 23.4 Å². The number of hydrogen-bond acceptors (Lipinski definition) is 4. The van der Waals surface area contributed by atoms with Crippen LogP contribution in [0.1, 0.15) is 28.9 Å². The summed E-state index contributed by atoms with van der Waals surface area (Å²) in [5.74, 6) is 0.144. The Bertz CT molecular complexity index is 413. The molecule has 0 saturated carbocycles. The lowest BCUT2D eigenvalue weighted by Gasteiger charge is -2.14. The van der Waals surface area contributed by atoms with Crippen LogP contribution < -0.4 is 16.4 Å². The van der Waals surface area contributed by atoms with E-state index in [0.717, 1.165) is 25.2 Å². The molecule has 0 aromatic carbocycles. The van der Waals surface area contributed by atoms with Crippen LogP contribution >= 0.6 is 0 Å².